The van der Waals surface area contributed by atoms with Crippen LogP contribution >= 0.6 is 0 Å². The number of fused-ring (bicyclic) bond motifs is 1. The molecule has 2 heterocycles. The molecule has 0 aliphatic rings. The number of esters is 1. The molecule has 0 atom stereocenters. The Hall–Kier alpha value is -3.81. The third kappa shape index (κ3) is 3.20. The number of hydrogen-bond acceptors (Lipinski definition) is 6. The average molecular weight is 361 g/mol. The maximum atomic E-state index is 12.6. The van der Waals surface area contributed by atoms with E-state index in [1.165, 1.54) is 11.0 Å². The summed E-state index contributed by atoms with van der Waals surface area (Å²) in [6, 6.07) is 14.1. The van der Waals surface area contributed by atoms with E-state index in [4.69, 9.17) is 4.74 Å². The number of nitrogens with zero attached hydrogens (tertiary/aromatic N) is 4. The standard InChI is InChI=1S/C19H15N5O3/c1-12-18(15-4-2-3-5-16(15)21-12)17(25)10-27-19(26)13-6-8-14(9-7-13)24-11-20-22-23-24/h2-9,11,21H,10H2,1H3. The molecular weight excluding hydrogens is 346 g/mol. The number of Topliss-reactive ketones (excluding diaryl/α,β-unsaturated/α-hetero) is 1. The highest BCUT2D eigenvalue weighted by Crippen LogP contribution is 2.22. The van der Waals surface area contributed by atoms with Crippen LogP contribution in [0.15, 0.2) is 54.9 Å². The zero-order valence-electron chi connectivity index (χ0n) is 14.4. The molecule has 0 aliphatic carbocycles. The normalized spacial score (nSPS) is 10.9. The predicted octanol–water partition coefficient (Wildman–Crippen LogP) is 2.49. The molecule has 0 unspecified atom stereocenters. The second-order valence-corrected chi connectivity index (χ2v) is 5.97. The molecule has 0 amide bonds. The van der Waals surface area contributed by atoms with Gasteiger partial charge in [0.15, 0.2) is 6.61 Å². The summed E-state index contributed by atoms with van der Waals surface area (Å²) in [6.45, 7) is 1.50. The van der Waals surface area contributed by atoms with Crippen LogP contribution in [0.1, 0.15) is 26.4 Å². The topological polar surface area (TPSA) is 103 Å². The van der Waals surface area contributed by atoms with Crippen molar-refractivity contribution in [3.63, 3.8) is 0 Å². The van der Waals surface area contributed by atoms with Gasteiger partial charge in [-0.2, -0.15) is 0 Å². The van der Waals surface area contributed by atoms with Crippen LogP contribution in [0.4, 0.5) is 0 Å². The van der Waals surface area contributed by atoms with Gasteiger partial charge < -0.3 is 9.72 Å². The molecule has 0 aliphatic heterocycles. The number of rotatable bonds is 5. The zero-order valence-corrected chi connectivity index (χ0v) is 14.4. The van der Waals surface area contributed by atoms with Crippen LogP contribution in [-0.4, -0.2) is 43.6 Å². The van der Waals surface area contributed by atoms with Crippen molar-refractivity contribution < 1.29 is 14.3 Å². The van der Waals surface area contributed by atoms with Crippen molar-refractivity contribution in [2.45, 2.75) is 6.92 Å². The van der Waals surface area contributed by atoms with Gasteiger partial charge >= 0.3 is 5.97 Å². The molecule has 0 saturated heterocycles. The molecule has 4 rings (SSSR count). The summed E-state index contributed by atoms with van der Waals surface area (Å²) >= 11 is 0. The number of hydrogen-bond donors (Lipinski definition) is 1. The molecule has 2 aromatic heterocycles. The van der Waals surface area contributed by atoms with E-state index >= 15 is 0 Å². The summed E-state index contributed by atoms with van der Waals surface area (Å²) < 4.78 is 6.67. The van der Waals surface area contributed by atoms with Crippen LogP contribution in [0, 0.1) is 6.92 Å². The number of H-pyrrole nitrogens is 1. The number of carbonyl (C=O) groups is 2. The quantitative estimate of drug-likeness (QED) is 0.433. The summed E-state index contributed by atoms with van der Waals surface area (Å²) in [4.78, 5) is 28.0. The van der Waals surface area contributed by atoms with Crippen molar-refractivity contribution in [1.82, 2.24) is 25.2 Å². The van der Waals surface area contributed by atoms with E-state index in [1.54, 1.807) is 24.3 Å². The molecule has 0 saturated carbocycles. The van der Waals surface area contributed by atoms with Gasteiger partial charge in [-0.3, -0.25) is 4.79 Å². The van der Waals surface area contributed by atoms with Gasteiger partial charge in [0.05, 0.1) is 11.3 Å². The fourth-order valence-electron chi connectivity index (χ4n) is 2.95. The van der Waals surface area contributed by atoms with Crippen molar-refractivity contribution in [1.29, 1.82) is 0 Å². The number of aromatic amines is 1. The summed E-state index contributed by atoms with van der Waals surface area (Å²) in [5, 5.41) is 11.7. The Morgan fingerprint density at radius 1 is 1.11 bits per heavy atom. The highest BCUT2D eigenvalue weighted by atomic mass is 16.5. The lowest BCUT2D eigenvalue weighted by Gasteiger charge is -2.06. The first-order chi connectivity index (χ1) is 13.1. The van der Waals surface area contributed by atoms with Crippen molar-refractivity contribution in [3.8, 4) is 5.69 Å². The highest BCUT2D eigenvalue weighted by Gasteiger charge is 2.18. The first-order valence-corrected chi connectivity index (χ1v) is 8.24. The number of para-hydroxylation sites is 1. The summed E-state index contributed by atoms with van der Waals surface area (Å²) in [5.41, 5.74) is 3.23. The van der Waals surface area contributed by atoms with E-state index < -0.39 is 5.97 Å². The predicted molar refractivity (Wildman–Crippen MR) is 96.8 cm³/mol. The maximum Gasteiger partial charge on any atom is 0.338 e. The number of aryl methyl sites for hydroxylation is 1. The number of benzene rings is 2. The van der Waals surface area contributed by atoms with E-state index in [-0.39, 0.29) is 12.4 Å². The van der Waals surface area contributed by atoms with E-state index in [0.717, 1.165) is 16.6 Å². The SMILES string of the molecule is Cc1[nH]c2ccccc2c1C(=O)COC(=O)c1ccc(-n2cnnn2)cc1. The highest BCUT2D eigenvalue weighted by molar-refractivity contribution is 6.10. The Kier molecular flexibility index (Phi) is 4.21. The second kappa shape index (κ2) is 6.83. The number of tetrazole rings is 1. The monoisotopic (exact) mass is 361 g/mol. The molecule has 4 aromatic rings. The third-order valence-corrected chi connectivity index (χ3v) is 4.22. The second-order valence-electron chi connectivity index (χ2n) is 5.97. The van der Waals surface area contributed by atoms with E-state index in [9.17, 15) is 9.59 Å². The van der Waals surface area contributed by atoms with Gasteiger partial charge in [0, 0.05) is 22.2 Å². The zero-order chi connectivity index (χ0) is 18.8. The number of aromatic nitrogens is 5. The van der Waals surface area contributed by atoms with Crippen LogP contribution in [0.2, 0.25) is 0 Å². The smallest absolute Gasteiger partial charge is 0.338 e. The molecule has 0 radical (unpaired) electrons. The Morgan fingerprint density at radius 2 is 1.89 bits per heavy atom. The fraction of sp³-hybridized carbons (Fsp3) is 0.105. The van der Waals surface area contributed by atoms with Gasteiger partial charge in [-0.1, -0.05) is 18.2 Å². The molecule has 0 spiro atoms. The van der Waals surface area contributed by atoms with Gasteiger partial charge in [-0.05, 0) is 47.7 Å². The number of ketones is 1. The van der Waals surface area contributed by atoms with Crippen molar-refractivity contribution in [3.05, 3.63) is 71.7 Å². The number of nitrogens with one attached hydrogen (secondary N) is 1. The van der Waals surface area contributed by atoms with E-state index in [1.807, 2.05) is 31.2 Å². The Bertz CT molecular complexity index is 1110. The minimum atomic E-state index is -0.566. The molecule has 8 nitrogen and oxygen atoms in total. The van der Waals surface area contributed by atoms with E-state index in [0.29, 0.717) is 16.8 Å². The van der Waals surface area contributed by atoms with Gasteiger partial charge in [0.25, 0.3) is 0 Å². The molecule has 0 fully saturated rings. The van der Waals surface area contributed by atoms with Crippen LogP contribution in [-0.2, 0) is 4.74 Å². The van der Waals surface area contributed by atoms with Gasteiger partial charge in [-0.15, -0.1) is 5.10 Å². The van der Waals surface area contributed by atoms with Gasteiger partial charge in [0.1, 0.15) is 6.33 Å². The molecule has 27 heavy (non-hydrogen) atoms. The molecular formula is C19H15N5O3. The van der Waals surface area contributed by atoms with E-state index in [2.05, 4.69) is 20.5 Å². The van der Waals surface area contributed by atoms with Crippen molar-refractivity contribution >= 4 is 22.7 Å². The molecule has 2 aromatic carbocycles. The third-order valence-electron chi connectivity index (χ3n) is 4.22. The first-order valence-electron chi connectivity index (χ1n) is 8.24. The van der Waals surface area contributed by atoms with Crippen LogP contribution in [0.5, 0.6) is 0 Å². The van der Waals surface area contributed by atoms with Crippen molar-refractivity contribution in [2.24, 2.45) is 0 Å². The lowest BCUT2D eigenvalue weighted by molar-refractivity contribution is 0.0475. The summed E-state index contributed by atoms with van der Waals surface area (Å²) in [6.07, 6.45) is 1.45. The Morgan fingerprint density at radius 3 is 2.63 bits per heavy atom. The maximum absolute atomic E-state index is 12.6. The van der Waals surface area contributed by atoms with Gasteiger partial charge in [-0.25, -0.2) is 9.48 Å². The van der Waals surface area contributed by atoms with Crippen LogP contribution < -0.4 is 0 Å². The van der Waals surface area contributed by atoms with Crippen LogP contribution in [0.3, 0.4) is 0 Å². The number of ether oxygens (including phenoxy) is 1. The Labute approximate surface area is 153 Å². The largest absolute Gasteiger partial charge is 0.454 e. The summed E-state index contributed by atoms with van der Waals surface area (Å²) in [5.74, 6) is -0.812. The number of carbonyl (C=O) groups excluding carboxylic acids is 2. The average Bonchev–Trinajstić information content (AvgIpc) is 3.33. The summed E-state index contributed by atoms with van der Waals surface area (Å²) in [7, 11) is 0. The molecule has 134 valence electrons. The lowest BCUT2D eigenvalue weighted by atomic mass is 10.1. The van der Waals surface area contributed by atoms with Crippen molar-refractivity contribution in [2.75, 3.05) is 6.61 Å². The first kappa shape index (κ1) is 16.6. The molecule has 0 bridgehead atoms. The van der Waals surface area contributed by atoms with Crippen LogP contribution in [0.25, 0.3) is 16.6 Å². The molecule has 8 heteroatoms. The lowest BCUT2D eigenvalue weighted by Crippen LogP contribution is -2.15. The fourth-order valence-corrected chi connectivity index (χ4v) is 2.95. The Balaban J connectivity index is 1.45. The minimum Gasteiger partial charge on any atom is -0.454 e. The molecule has 1 N–H and O–H groups in total. The minimum absolute atomic E-state index is 0.247. The van der Waals surface area contributed by atoms with Gasteiger partial charge in [0.2, 0.25) is 5.78 Å².